The second-order valence-electron chi connectivity index (χ2n) is 13.5. The number of H-pyrrole nitrogens is 1. The summed E-state index contributed by atoms with van der Waals surface area (Å²) in [6.45, 7) is 1.48. The van der Waals surface area contributed by atoms with E-state index in [4.69, 9.17) is 9.47 Å². The average Bonchev–Trinajstić information content (AvgIpc) is 3.45. The Bertz CT molecular complexity index is 1540. The van der Waals surface area contributed by atoms with E-state index in [2.05, 4.69) is 20.4 Å². The fraction of sp³-hybridized carbons (Fsp3) is 0.500. The number of methoxy groups -OCH3 is 1. The van der Waals surface area contributed by atoms with Gasteiger partial charge in [0.25, 0.3) is 0 Å². The Balaban J connectivity index is 1.18. The van der Waals surface area contributed by atoms with Gasteiger partial charge in [-0.1, -0.05) is 48.5 Å². The van der Waals surface area contributed by atoms with E-state index in [1.807, 2.05) is 60.8 Å². The molecule has 10 heteroatoms. The smallest absolute Gasteiger partial charge is 0.408 e. The molecule has 1 aromatic heterocycles. The van der Waals surface area contributed by atoms with Gasteiger partial charge < -0.3 is 29.8 Å². The number of aromatic amines is 1. The van der Waals surface area contributed by atoms with E-state index >= 15 is 0 Å². The summed E-state index contributed by atoms with van der Waals surface area (Å²) in [5, 5.41) is 6.73. The monoisotopic (exact) mass is 629 g/mol. The summed E-state index contributed by atoms with van der Waals surface area (Å²) < 4.78 is 16.7. The molecule has 4 aliphatic rings. The van der Waals surface area contributed by atoms with Crippen LogP contribution in [0.4, 0.5) is 4.79 Å². The molecular weight excluding hydrogens is 586 g/mol. The number of para-hydroxylation sites is 1. The highest BCUT2D eigenvalue weighted by Crippen LogP contribution is 2.54. The first-order valence-electron chi connectivity index (χ1n) is 16.3. The first-order chi connectivity index (χ1) is 22.2. The van der Waals surface area contributed by atoms with Crippen LogP contribution < -0.4 is 10.6 Å². The number of aromatic nitrogens is 1. The van der Waals surface area contributed by atoms with E-state index in [1.165, 1.54) is 13.5 Å². The minimum Gasteiger partial charge on any atom is -0.469 e. The zero-order valence-corrected chi connectivity index (χ0v) is 26.5. The first kappa shape index (κ1) is 31.6. The number of hydrogen-bond acceptors (Lipinski definition) is 7. The molecule has 4 saturated carbocycles. The first-order valence-corrected chi connectivity index (χ1v) is 16.3. The molecule has 244 valence electrons. The van der Waals surface area contributed by atoms with Crippen molar-refractivity contribution in [2.75, 3.05) is 13.7 Å². The molecule has 2 atom stereocenters. The standard InChI is InChI=1S/C36H43N3O7/c1-36(19-27-20-37-29-11-7-6-10-28(27)29,39-35(43)46-33-25-15-22-14-23(17-25)18-26(33)16-22)34(42)45-21-30(24-8-4-3-5-9-24)38-31(40)12-13-32(41)44-2/h3-11,20,22-23,25-26,30,33,37H,12-19,21H2,1-2H3,(H,38,40)(H,39,43)/t22?,23?,25?,26?,30?,33?,36-/m1/s1. The number of carbonyl (C=O) groups excluding carboxylic acids is 4. The third kappa shape index (κ3) is 7.06. The SMILES string of the molecule is COC(=O)CCC(=O)NC(COC(=O)[C@@](C)(Cc1c[nH]c2ccccc12)NC(=O)OC1C2CC3CC(C2)CC1C3)c1ccccc1. The molecule has 1 heterocycles. The maximum atomic E-state index is 14.0. The molecule has 1 unspecified atom stereocenters. The van der Waals surface area contributed by atoms with Gasteiger partial charge in [0.05, 0.1) is 19.6 Å². The van der Waals surface area contributed by atoms with Gasteiger partial charge in [0.15, 0.2) is 0 Å². The molecule has 2 aromatic carbocycles. The fourth-order valence-electron chi connectivity index (χ4n) is 8.08. The summed E-state index contributed by atoms with van der Waals surface area (Å²) in [4.78, 5) is 55.1. The number of rotatable bonds is 12. The molecule has 4 fully saturated rings. The van der Waals surface area contributed by atoms with E-state index in [9.17, 15) is 19.2 Å². The Hall–Kier alpha value is -4.34. The van der Waals surface area contributed by atoms with Crippen molar-refractivity contribution in [3.05, 3.63) is 71.9 Å². The predicted octanol–water partition coefficient (Wildman–Crippen LogP) is 5.37. The molecule has 4 bridgehead atoms. The predicted molar refractivity (Wildman–Crippen MR) is 170 cm³/mol. The van der Waals surface area contributed by atoms with Crippen molar-refractivity contribution in [1.82, 2.24) is 15.6 Å². The molecule has 0 radical (unpaired) electrons. The summed E-state index contributed by atoms with van der Waals surface area (Å²) >= 11 is 0. The Kier molecular flexibility index (Phi) is 9.33. The quantitative estimate of drug-likeness (QED) is 0.181. The van der Waals surface area contributed by atoms with Gasteiger partial charge in [-0.15, -0.1) is 0 Å². The zero-order valence-electron chi connectivity index (χ0n) is 26.5. The maximum Gasteiger partial charge on any atom is 0.408 e. The number of benzene rings is 2. The van der Waals surface area contributed by atoms with Gasteiger partial charge in [-0.3, -0.25) is 9.59 Å². The molecule has 3 N–H and O–H groups in total. The van der Waals surface area contributed by atoms with Crippen molar-refractivity contribution < 1.29 is 33.4 Å². The van der Waals surface area contributed by atoms with Gasteiger partial charge in [0.1, 0.15) is 18.2 Å². The van der Waals surface area contributed by atoms with Crippen LogP contribution in [0.5, 0.6) is 0 Å². The number of hydrogen-bond donors (Lipinski definition) is 3. The lowest BCUT2D eigenvalue weighted by molar-refractivity contribution is -0.152. The van der Waals surface area contributed by atoms with Crippen LogP contribution in [0.3, 0.4) is 0 Å². The number of carbonyl (C=O) groups is 4. The van der Waals surface area contributed by atoms with Gasteiger partial charge in [-0.2, -0.15) is 0 Å². The molecular formula is C36H43N3O7. The Morgan fingerprint density at radius 1 is 0.913 bits per heavy atom. The molecule has 0 saturated heterocycles. The lowest BCUT2D eigenvalue weighted by Gasteiger charge is -2.53. The van der Waals surface area contributed by atoms with Crippen LogP contribution in [0.25, 0.3) is 10.9 Å². The van der Waals surface area contributed by atoms with Crippen LogP contribution in [0.1, 0.15) is 69.0 Å². The van der Waals surface area contributed by atoms with Crippen LogP contribution >= 0.6 is 0 Å². The maximum absolute atomic E-state index is 14.0. The van der Waals surface area contributed by atoms with Crippen LogP contribution in [-0.2, 0) is 35.0 Å². The summed E-state index contributed by atoms with van der Waals surface area (Å²) in [5.41, 5.74) is 1.03. The number of fused-ring (bicyclic) bond motifs is 1. The highest BCUT2D eigenvalue weighted by molar-refractivity contribution is 5.88. The summed E-state index contributed by atoms with van der Waals surface area (Å²) in [7, 11) is 1.27. The molecule has 0 spiro atoms. The van der Waals surface area contributed by atoms with Crippen LogP contribution in [0.2, 0.25) is 0 Å². The summed E-state index contributed by atoms with van der Waals surface area (Å²) in [5.74, 6) is 0.722. The van der Waals surface area contributed by atoms with E-state index in [0.29, 0.717) is 11.8 Å². The second-order valence-corrected chi connectivity index (χ2v) is 13.5. The van der Waals surface area contributed by atoms with Crippen LogP contribution in [-0.4, -0.2) is 54.3 Å². The van der Waals surface area contributed by atoms with Crippen molar-refractivity contribution in [2.24, 2.45) is 23.7 Å². The zero-order chi connectivity index (χ0) is 32.3. The number of ether oxygens (including phenoxy) is 3. The van der Waals surface area contributed by atoms with E-state index in [-0.39, 0.29) is 37.9 Å². The number of amides is 2. The van der Waals surface area contributed by atoms with Gasteiger partial charge in [0, 0.05) is 29.9 Å². The van der Waals surface area contributed by atoms with Gasteiger partial charge in [-0.25, -0.2) is 9.59 Å². The molecule has 46 heavy (non-hydrogen) atoms. The Morgan fingerprint density at radius 2 is 1.59 bits per heavy atom. The Morgan fingerprint density at radius 3 is 2.28 bits per heavy atom. The number of esters is 2. The van der Waals surface area contributed by atoms with Crippen molar-refractivity contribution >= 4 is 34.8 Å². The minimum absolute atomic E-state index is 0.0671. The normalized spacial score (nSPS) is 24.9. The van der Waals surface area contributed by atoms with Gasteiger partial charge in [-0.05, 0) is 79.9 Å². The average molecular weight is 630 g/mol. The topological polar surface area (TPSA) is 136 Å². The van der Waals surface area contributed by atoms with Crippen molar-refractivity contribution in [1.29, 1.82) is 0 Å². The highest BCUT2D eigenvalue weighted by Gasteiger charge is 2.50. The fourth-order valence-corrected chi connectivity index (χ4v) is 8.08. The largest absolute Gasteiger partial charge is 0.469 e. The van der Waals surface area contributed by atoms with Crippen molar-refractivity contribution in [3.63, 3.8) is 0 Å². The third-order valence-electron chi connectivity index (χ3n) is 10.1. The van der Waals surface area contributed by atoms with E-state index in [1.54, 1.807) is 6.92 Å². The highest BCUT2D eigenvalue weighted by atomic mass is 16.6. The molecule has 3 aromatic rings. The molecule has 0 aliphatic heterocycles. The van der Waals surface area contributed by atoms with Crippen LogP contribution in [0.15, 0.2) is 60.8 Å². The minimum atomic E-state index is -1.47. The number of alkyl carbamates (subject to hydrolysis) is 1. The second kappa shape index (κ2) is 13.6. The summed E-state index contributed by atoms with van der Waals surface area (Å²) in [6.07, 6.45) is 6.83. The molecule has 10 nitrogen and oxygen atoms in total. The van der Waals surface area contributed by atoms with Gasteiger partial charge >= 0.3 is 18.0 Å². The third-order valence-corrected chi connectivity index (χ3v) is 10.1. The van der Waals surface area contributed by atoms with E-state index in [0.717, 1.165) is 59.5 Å². The van der Waals surface area contributed by atoms with Crippen LogP contribution in [0, 0.1) is 23.7 Å². The Labute approximate surface area is 268 Å². The lowest BCUT2D eigenvalue weighted by atomic mass is 9.55. The molecule has 4 aliphatic carbocycles. The number of nitrogens with one attached hydrogen (secondary N) is 3. The van der Waals surface area contributed by atoms with E-state index < -0.39 is 29.6 Å². The van der Waals surface area contributed by atoms with Crippen molar-refractivity contribution in [3.8, 4) is 0 Å². The van der Waals surface area contributed by atoms with Crippen molar-refractivity contribution in [2.45, 2.75) is 76.0 Å². The lowest BCUT2D eigenvalue weighted by Crippen LogP contribution is -2.57. The molecule has 2 amide bonds. The van der Waals surface area contributed by atoms with Gasteiger partial charge in [0.2, 0.25) is 5.91 Å². The summed E-state index contributed by atoms with van der Waals surface area (Å²) in [6, 6.07) is 16.3. The molecule has 7 rings (SSSR count).